The minimum atomic E-state index is -3.49. The lowest BCUT2D eigenvalue weighted by molar-refractivity contribution is 0.172. The van der Waals surface area contributed by atoms with Crippen LogP contribution in [0.15, 0.2) is 39.6 Å². The van der Waals surface area contributed by atoms with Crippen LogP contribution in [0.25, 0.3) is 11.0 Å². The second kappa shape index (κ2) is 7.26. The Kier molecular flexibility index (Phi) is 4.72. The van der Waals surface area contributed by atoms with E-state index in [-0.39, 0.29) is 17.2 Å². The van der Waals surface area contributed by atoms with Crippen molar-refractivity contribution in [2.24, 2.45) is 5.92 Å². The smallest absolute Gasteiger partial charge is 0.267 e. The Balaban J connectivity index is 1.25. The molecule has 4 heterocycles. The molecule has 2 aromatic heterocycles. The molecule has 0 amide bonds. The van der Waals surface area contributed by atoms with Crippen molar-refractivity contribution in [3.8, 4) is 0 Å². The highest BCUT2D eigenvalue weighted by molar-refractivity contribution is 7.98. The average molecular weight is 433 g/mol. The average Bonchev–Trinajstić information content (AvgIpc) is 3.06. The van der Waals surface area contributed by atoms with E-state index in [1.807, 2.05) is 30.0 Å². The van der Waals surface area contributed by atoms with Crippen molar-refractivity contribution in [2.75, 3.05) is 18.8 Å². The highest BCUT2D eigenvalue weighted by Gasteiger charge is 2.37. The summed E-state index contributed by atoms with van der Waals surface area (Å²) in [5.41, 5.74) is 2.91. The summed E-state index contributed by atoms with van der Waals surface area (Å²) in [6.07, 6.45) is 0.872. The van der Waals surface area contributed by atoms with Gasteiger partial charge >= 0.3 is 0 Å². The van der Waals surface area contributed by atoms with Crippen molar-refractivity contribution < 1.29 is 12.9 Å². The maximum absolute atomic E-state index is 12.7. The second-order valence-corrected chi connectivity index (χ2v) is 10.6. The number of nitrogens with zero attached hydrogens (tertiary/aromatic N) is 4. The van der Waals surface area contributed by atoms with Gasteiger partial charge in [-0.15, -0.1) is 0 Å². The molecule has 3 aromatic rings. The van der Waals surface area contributed by atoms with Crippen molar-refractivity contribution in [3.63, 3.8) is 0 Å². The molecule has 0 aliphatic carbocycles. The lowest BCUT2D eigenvalue weighted by Crippen LogP contribution is -2.52. The Hall–Kier alpha value is -2.17. The molecule has 1 aromatic carbocycles. The summed E-state index contributed by atoms with van der Waals surface area (Å²) in [5.74, 6) is 1.75. The monoisotopic (exact) mass is 432 g/mol. The van der Waals surface area contributed by atoms with Crippen LogP contribution in [0.2, 0.25) is 0 Å². The first-order valence-corrected chi connectivity index (χ1v) is 12.2. The lowest BCUT2D eigenvalue weighted by atomic mass is 10.0. The second-order valence-electron chi connectivity index (χ2n) is 7.50. The van der Waals surface area contributed by atoms with Gasteiger partial charge in [-0.1, -0.05) is 17.3 Å². The van der Waals surface area contributed by atoms with Crippen molar-refractivity contribution in [1.82, 2.24) is 19.2 Å². The third-order valence-corrected chi connectivity index (χ3v) is 8.16. The summed E-state index contributed by atoms with van der Waals surface area (Å²) in [5, 5.41) is 9.16. The molecule has 0 N–H and O–H groups in total. The van der Waals surface area contributed by atoms with Gasteiger partial charge in [0.2, 0.25) is 10.0 Å². The van der Waals surface area contributed by atoms with Gasteiger partial charge in [0.1, 0.15) is 11.4 Å². The molecule has 0 spiro atoms. The van der Waals surface area contributed by atoms with Crippen LogP contribution in [0.5, 0.6) is 0 Å². The van der Waals surface area contributed by atoms with Crippen LogP contribution in [0.4, 0.5) is 0 Å². The Bertz CT molecular complexity index is 1230. The Morgan fingerprint density at radius 1 is 1.24 bits per heavy atom. The van der Waals surface area contributed by atoms with Crippen LogP contribution in [0.3, 0.4) is 0 Å². The quantitative estimate of drug-likeness (QED) is 0.604. The number of hydrogen-bond acceptors (Lipinski definition) is 7. The number of thioether (sulfide) groups is 1. The number of benzene rings is 1. The fourth-order valence-electron chi connectivity index (χ4n) is 3.80. The predicted octanol–water partition coefficient (Wildman–Crippen LogP) is 1.64. The van der Waals surface area contributed by atoms with E-state index in [0.717, 1.165) is 34.6 Å². The van der Waals surface area contributed by atoms with E-state index >= 15 is 0 Å². The Labute approximate surface area is 171 Å². The predicted molar refractivity (Wildman–Crippen MR) is 110 cm³/mol. The van der Waals surface area contributed by atoms with Crippen LogP contribution in [0.1, 0.15) is 17.0 Å². The molecule has 10 heteroatoms. The third kappa shape index (κ3) is 3.60. The first kappa shape index (κ1) is 18.8. The normalized spacial score (nSPS) is 17.9. The molecule has 2 aliphatic heterocycles. The molecule has 0 bridgehead atoms. The highest BCUT2D eigenvalue weighted by atomic mass is 32.2. The van der Waals surface area contributed by atoms with Crippen molar-refractivity contribution in [2.45, 2.75) is 24.5 Å². The molecule has 0 atom stereocenters. The number of para-hydroxylation sites is 1. The minimum absolute atomic E-state index is 0.0834. The van der Waals surface area contributed by atoms with Gasteiger partial charge < -0.3 is 4.52 Å². The summed E-state index contributed by atoms with van der Waals surface area (Å²) in [6.45, 7) is 1.22. The molecule has 152 valence electrons. The Morgan fingerprint density at radius 3 is 2.93 bits per heavy atom. The van der Waals surface area contributed by atoms with Crippen molar-refractivity contribution >= 4 is 32.8 Å². The summed E-state index contributed by atoms with van der Waals surface area (Å²) in [7, 11) is -3.49. The van der Waals surface area contributed by atoms with Gasteiger partial charge in [-0.25, -0.2) is 17.4 Å². The van der Waals surface area contributed by atoms with Gasteiger partial charge in [0.15, 0.2) is 5.58 Å². The summed E-state index contributed by atoms with van der Waals surface area (Å²) in [4.78, 5) is 12.3. The van der Waals surface area contributed by atoms with Gasteiger partial charge in [0, 0.05) is 42.6 Å². The highest BCUT2D eigenvalue weighted by Crippen LogP contribution is 2.26. The largest absolute Gasteiger partial charge is 0.356 e. The number of fused-ring (bicyclic) bond motifs is 2. The van der Waals surface area contributed by atoms with Gasteiger partial charge in [-0.05, 0) is 23.4 Å². The van der Waals surface area contributed by atoms with E-state index < -0.39 is 10.0 Å². The molecule has 2 aliphatic rings. The molecule has 0 radical (unpaired) electrons. The van der Waals surface area contributed by atoms with Crippen molar-refractivity contribution in [3.05, 3.63) is 57.6 Å². The molecule has 0 saturated carbocycles. The standard InChI is InChI=1S/C19H20N4O4S2/c24-19-7-14-11-28-6-5-16(14)20-23(19)10-13-8-22(9-13)29(25,26)12-17-15-3-1-2-4-18(15)27-21-17/h1-4,7,13H,5-6,8-12H2. The molecular weight excluding hydrogens is 412 g/mol. The summed E-state index contributed by atoms with van der Waals surface area (Å²) < 4.78 is 33.6. The zero-order chi connectivity index (χ0) is 20.0. The zero-order valence-electron chi connectivity index (χ0n) is 15.7. The number of hydrogen-bond donors (Lipinski definition) is 0. The topological polar surface area (TPSA) is 98.3 Å². The van der Waals surface area contributed by atoms with Gasteiger partial charge in [-0.2, -0.15) is 16.9 Å². The number of aromatic nitrogens is 3. The van der Waals surface area contributed by atoms with Gasteiger partial charge in [-0.3, -0.25) is 4.79 Å². The molecule has 1 fully saturated rings. The fourth-order valence-corrected chi connectivity index (χ4v) is 6.36. The third-order valence-electron chi connectivity index (χ3n) is 5.42. The minimum Gasteiger partial charge on any atom is -0.356 e. The van der Waals surface area contributed by atoms with E-state index in [4.69, 9.17) is 4.52 Å². The number of aryl methyl sites for hydroxylation is 1. The molecule has 29 heavy (non-hydrogen) atoms. The fraction of sp³-hybridized carbons (Fsp3) is 0.421. The van der Waals surface area contributed by atoms with E-state index in [9.17, 15) is 13.2 Å². The molecule has 0 unspecified atom stereocenters. The molecule has 1 saturated heterocycles. The van der Waals surface area contributed by atoms with Gasteiger partial charge in [0.05, 0.1) is 12.2 Å². The van der Waals surface area contributed by atoms with E-state index in [1.54, 1.807) is 12.1 Å². The number of rotatable bonds is 5. The zero-order valence-corrected chi connectivity index (χ0v) is 17.3. The Morgan fingerprint density at radius 2 is 2.07 bits per heavy atom. The molecule has 5 rings (SSSR count). The van der Waals surface area contributed by atoms with Crippen LogP contribution >= 0.6 is 11.8 Å². The summed E-state index contributed by atoms with van der Waals surface area (Å²) in [6, 6.07) is 8.90. The van der Waals surface area contributed by atoms with Crippen LogP contribution in [0, 0.1) is 5.92 Å². The van der Waals surface area contributed by atoms with E-state index in [0.29, 0.717) is 30.9 Å². The molecular formula is C19H20N4O4S2. The lowest BCUT2D eigenvalue weighted by Gasteiger charge is -2.38. The SMILES string of the molecule is O=c1cc2c(nn1CC1CN(S(=O)(=O)Cc3noc4ccccc34)C1)CCSC2. The summed E-state index contributed by atoms with van der Waals surface area (Å²) >= 11 is 1.81. The van der Waals surface area contributed by atoms with Gasteiger partial charge in [0.25, 0.3) is 5.56 Å². The van der Waals surface area contributed by atoms with Crippen LogP contribution < -0.4 is 5.56 Å². The first-order valence-electron chi connectivity index (χ1n) is 9.48. The van der Waals surface area contributed by atoms with E-state index in [2.05, 4.69) is 10.3 Å². The maximum Gasteiger partial charge on any atom is 0.267 e. The molecule has 8 nitrogen and oxygen atoms in total. The van der Waals surface area contributed by atoms with Crippen LogP contribution in [-0.2, 0) is 34.5 Å². The van der Waals surface area contributed by atoms with Crippen LogP contribution in [-0.4, -0.2) is 46.5 Å². The maximum atomic E-state index is 12.7. The number of sulfonamides is 1. The van der Waals surface area contributed by atoms with Crippen molar-refractivity contribution in [1.29, 1.82) is 0 Å². The first-order chi connectivity index (χ1) is 14.0. The van der Waals surface area contributed by atoms with E-state index in [1.165, 1.54) is 8.99 Å².